The van der Waals surface area contributed by atoms with E-state index in [9.17, 15) is 50.6 Å². The Kier molecular flexibility index (Phi) is 19.0. The second-order valence-corrected chi connectivity index (χ2v) is 21.7. The van der Waals surface area contributed by atoms with Crippen molar-refractivity contribution in [2.75, 3.05) is 52.0 Å². The molecule has 1 saturated carbocycles. The molecule has 4 amide bonds. The van der Waals surface area contributed by atoms with Gasteiger partial charge in [-0.2, -0.15) is 31.4 Å². The number of aliphatic hydroxyl groups excluding tert-OH is 1. The van der Waals surface area contributed by atoms with Crippen LogP contribution in [0.5, 0.6) is 0 Å². The Hall–Kier alpha value is -7.08. The summed E-state index contributed by atoms with van der Waals surface area (Å²) >= 11 is 0. The average molecular weight is 1150 g/mol. The molecule has 440 valence electrons. The van der Waals surface area contributed by atoms with E-state index in [1.54, 1.807) is 29.2 Å². The molecule has 0 spiro atoms. The maximum Gasteiger partial charge on any atom is 0.407 e. The van der Waals surface area contributed by atoms with Crippen LogP contribution in [0.4, 0.5) is 50.5 Å². The number of alkyl carbamates (subject to hydrolysis) is 2. The van der Waals surface area contributed by atoms with Gasteiger partial charge >= 0.3 is 24.5 Å². The molecule has 7 rings (SSSR count). The first-order valence-corrected chi connectivity index (χ1v) is 26.1. The largest absolute Gasteiger partial charge is 0.453 e. The Balaban J connectivity index is 1.18. The molecule has 4 heterocycles. The van der Waals surface area contributed by atoms with Gasteiger partial charge < -0.3 is 40.2 Å². The maximum absolute atomic E-state index is 16.2. The summed E-state index contributed by atoms with van der Waals surface area (Å²) in [6.45, 7) is 7.78. The summed E-state index contributed by atoms with van der Waals surface area (Å²) in [6.07, 6.45) is -10.7. The summed E-state index contributed by atoms with van der Waals surface area (Å²) in [5.41, 5.74) is -3.11. The minimum absolute atomic E-state index is 0.00507. The number of hydrogen-bond donors (Lipinski definition) is 5. The van der Waals surface area contributed by atoms with Crippen LogP contribution in [0.25, 0.3) is 11.3 Å². The number of carbonyl (C=O) groups is 4. The Labute approximate surface area is 463 Å². The van der Waals surface area contributed by atoms with Gasteiger partial charge in [0.05, 0.1) is 68.2 Å². The lowest BCUT2D eigenvalue weighted by atomic mass is 9.82. The molecule has 0 bridgehead atoms. The molecule has 3 aliphatic rings. The summed E-state index contributed by atoms with van der Waals surface area (Å²) in [6, 6.07) is 7.73. The van der Waals surface area contributed by atoms with Gasteiger partial charge in [0, 0.05) is 72.9 Å². The van der Waals surface area contributed by atoms with Crippen molar-refractivity contribution in [2.45, 2.75) is 128 Å². The fraction of sp³-hybridized carbons (Fsp3) is 0.527. The number of amides is 4. The van der Waals surface area contributed by atoms with Crippen LogP contribution < -0.4 is 26.3 Å². The lowest BCUT2D eigenvalue weighted by molar-refractivity contribution is -0.221. The van der Waals surface area contributed by atoms with Crippen LogP contribution >= 0.6 is 0 Å². The van der Waals surface area contributed by atoms with Crippen molar-refractivity contribution in [3.8, 4) is 23.1 Å². The number of carbonyl (C=O) groups excluding carboxylic acids is 4. The van der Waals surface area contributed by atoms with E-state index >= 15 is 8.78 Å². The second kappa shape index (κ2) is 25.0. The number of halogens is 8. The molecule has 0 radical (unpaired) electrons. The number of rotatable bonds is 19. The Morgan fingerprint density at radius 2 is 1.35 bits per heavy atom. The van der Waals surface area contributed by atoms with Crippen molar-refractivity contribution >= 4 is 29.8 Å². The van der Waals surface area contributed by atoms with Crippen LogP contribution in [-0.2, 0) is 36.8 Å². The molecule has 26 heteroatoms. The molecule has 1 aliphatic carbocycles. The number of pyridine rings is 1. The number of hydrazine groups is 1. The van der Waals surface area contributed by atoms with E-state index in [2.05, 4.69) is 65.8 Å². The van der Waals surface area contributed by atoms with Crippen LogP contribution in [-0.4, -0.2) is 156 Å². The van der Waals surface area contributed by atoms with Crippen molar-refractivity contribution < 1.29 is 73.6 Å². The fourth-order valence-corrected chi connectivity index (χ4v) is 9.38. The summed E-state index contributed by atoms with van der Waals surface area (Å²) in [4.78, 5) is 62.5. The lowest BCUT2D eigenvalue weighted by Crippen LogP contribution is -2.63. The molecule has 5 N–H and O–H groups in total. The first kappa shape index (κ1) is 61.5. The molecule has 2 aromatic heterocycles. The number of ether oxygens (including phenoxy) is 3. The number of nitrogens with one attached hydrogen (secondary N) is 4. The highest BCUT2D eigenvalue weighted by Gasteiger charge is 2.57. The number of piperazine rings is 1. The summed E-state index contributed by atoms with van der Waals surface area (Å²) in [5, 5.41) is 23.2. The predicted molar refractivity (Wildman–Crippen MR) is 279 cm³/mol. The molecule has 2 aliphatic heterocycles. The van der Waals surface area contributed by atoms with Crippen LogP contribution in [0.2, 0.25) is 0 Å². The summed E-state index contributed by atoms with van der Waals surface area (Å²) in [5.74, 6) is 1.33. The summed E-state index contributed by atoms with van der Waals surface area (Å²) < 4.78 is 136. The van der Waals surface area contributed by atoms with Crippen molar-refractivity contribution in [3.05, 3.63) is 101 Å². The quantitative estimate of drug-likeness (QED) is 0.0373. The SMILES string of the molecule is COC(=O)N[C@H](C(=O)N[C@@H](Cc1ccc(C#Cc2ccc(N3C[C@@H](C)N(C4COC4)C[C@H]3C)nc2)cc1)[C@@H](O)CN(Cc1c(F)cc(-c2ccn(C3CC3)n2)cc1F)NC(=O)[C@@H](NC(=O)OC)C(C)(C)C(F)(F)F)C(C)(C)C(F)(F)F. The number of benzene rings is 2. The van der Waals surface area contributed by atoms with Crippen molar-refractivity contribution in [1.29, 1.82) is 0 Å². The average Bonchev–Trinajstić information content (AvgIpc) is 4.22. The minimum atomic E-state index is -5.18. The van der Waals surface area contributed by atoms with Gasteiger partial charge in [-0.3, -0.25) is 24.6 Å². The van der Waals surface area contributed by atoms with Gasteiger partial charge in [-0.15, -0.1) is 0 Å². The highest BCUT2D eigenvalue weighted by molar-refractivity contribution is 5.87. The molecule has 81 heavy (non-hydrogen) atoms. The van der Waals surface area contributed by atoms with Crippen LogP contribution in [0.3, 0.4) is 0 Å². The van der Waals surface area contributed by atoms with Gasteiger partial charge in [0.1, 0.15) is 29.5 Å². The van der Waals surface area contributed by atoms with E-state index in [-0.39, 0.29) is 29.4 Å². The molecule has 2 aromatic carbocycles. The van der Waals surface area contributed by atoms with Crippen molar-refractivity contribution in [2.24, 2.45) is 10.8 Å². The number of alkyl halides is 6. The molecule has 0 unspecified atom stereocenters. The Morgan fingerprint density at radius 1 is 0.778 bits per heavy atom. The van der Waals surface area contributed by atoms with Crippen LogP contribution in [0.1, 0.15) is 82.7 Å². The van der Waals surface area contributed by atoms with Gasteiger partial charge in [-0.05, 0) is 109 Å². The second-order valence-electron chi connectivity index (χ2n) is 21.7. The number of aromatic nitrogens is 3. The normalized spacial score (nSPS) is 18.8. The molecule has 3 fully saturated rings. The van der Waals surface area contributed by atoms with Crippen LogP contribution in [0, 0.1) is 34.3 Å². The maximum atomic E-state index is 16.2. The highest BCUT2D eigenvalue weighted by atomic mass is 19.4. The number of anilines is 1. The number of nitrogens with zero attached hydrogens (tertiary/aromatic N) is 6. The van der Waals surface area contributed by atoms with Crippen molar-refractivity contribution in [1.82, 2.24) is 46.0 Å². The topological polar surface area (TPSA) is 205 Å². The van der Waals surface area contributed by atoms with E-state index in [1.165, 1.54) is 18.2 Å². The zero-order valence-corrected chi connectivity index (χ0v) is 45.8. The van der Waals surface area contributed by atoms with Gasteiger partial charge in [0.25, 0.3) is 5.91 Å². The van der Waals surface area contributed by atoms with E-state index in [0.717, 1.165) is 71.3 Å². The number of methoxy groups -OCH3 is 2. The van der Waals surface area contributed by atoms with Gasteiger partial charge in [-0.25, -0.2) is 28.4 Å². The molecular formula is C55H66F8N10O8. The molecule has 18 nitrogen and oxygen atoms in total. The van der Waals surface area contributed by atoms with E-state index in [1.807, 2.05) is 22.8 Å². The Morgan fingerprint density at radius 3 is 1.86 bits per heavy atom. The highest BCUT2D eigenvalue weighted by Crippen LogP contribution is 2.42. The van der Waals surface area contributed by atoms with E-state index in [0.29, 0.717) is 55.4 Å². The third-order valence-electron chi connectivity index (χ3n) is 15.0. The van der Waals surface area contributed by atoms with Crippen LogP contribution in [0.15, 0.2) is 67.0 Å². The number of hydrogen-bond acceptors (Lipinski definition) is 13. The molecule has 6 atom stereocenters. The molecular weight excluding hydrogens is 1080 g/mol. The Bertz CT molecular complexity index is 2920. The monoisotopic (exact) mass is 1150 g/mol. The molecule has 2 saturated heterocycles. The first-order chi connectivity index (χ1) is 38.0. The lowest BCUT2D eigenvalue weighted by Gasteiger charge is -2.49. The van der Waals surface area contributed by atoms with Gasteiger partial charge in [-0.1, -0.05) is 24.0 Å². The summed E-state index contributed by atoms with van der Waals surface area (Å²) in [7, 11) is 1.67. The third-order valence-corrected chi connectivity index (χ3v) is 15.0. The minimum Gasteiger partial charge on any atom is -0.453 e. The van der Waals surface area contributed by atoms with Gasteiger partial charge in [0.15, 0.2) is 0 Å². The first-order valence-electron chi connectivity index (χ1n) is 26.1. The predicted octanol–water partition coefficient (Wildman–Crippen LogP) is 6.80. The molecule has 4 aromatic rings. The zero-order valence-electron chi connectivity index (χ0n) is 45.8. The van der Waals surface area contributed by atoms with E-state index in [4.69, 9.17) is 4.74 Å². The third kappa shape index (κ3) is 14.7. The number of aliphatic hydroxyl groups is 1. The van der Waals surface area contributed by atoms with E-state index < -0.39 is 108 Å². The van der Waals surface area contributed by atoms with Crippen molar-refractivity contribution in [3.63, 3.8) is 0 Å². The van der Waals surface area contributed by atoms with Gasteiger partial charge in [0.2, 0.25) is 5.91 Å². The standard InChI is InChI=1S/C55H66F8N10O8/c1-31-26-72(32(2)25-71(31)38-29-81-30-38)45-18-15-35(24-64-45)14-11-33-9-12-34(13-10-33)21-43(65-48(75)46(66-50(77)79-7)52(3,4)54(58,59)60)44(74)28-70(69-49(76)47(67-51(78)80-8)53(5,6)55(61,62)63)27-39-40(56)22-36(23-41(39)57)42-19-20-73(68-42)37-16-17-37/h9-10,12-13,15,18-20,22-24,31-32,37-38,43-44,46-47,74H,16-17,21,25-30H2,1-8H3,(H,65,75)(H,66,77)(H,67,78)(H,69,76)/t31-,32-,43+,44+,46-,47-/m1/s1. The zero-order chi connectivity index (χ0) is 59.4. The fourth-order valence-electron chi connectivity index (χ4n) is 9.38. The smallest absolute Gasteiger partial charge is 0.407 e.